The molecule has 0 aliphatic carbocycles. The molecule has 5 rings (SSSR count). The average Bonchev–Trinajstić information content (AvgIpc) is 2.89. The van der Waals surface area contributed by atoms with E-state index in [2.05, 4.69) is 0 Å². The van der Waals surface area contributed by atoms with Crippen LogP contribution in [0.15, 0.2) is 65.6 Å². The Labute approximate surface area is 206 Å². The molecule has 35 heavy (non-hydrogen) atoms. The number of carbonyl (C=O) groups is 1. The first kappa shape index (κ1) is 22.8. The van der Waals surface area contributed by atoms with Crippen molar-refractivity contribution in [3.05, 3.63) is 92.7 Å². The van der Waals surface area contributed by atoms with Crippen molar-refractivity contribution in [2.24, 2.45) is 0 Å². The molecule has 0 radical (unpaired) electrons. The number of halogens is 1. The van der Waals surface area contributed by atoms with Crippen molar-refractivity contribution in [3.8, 4) is 23.0 Å². The lowest BCUT2D eigenvalue weighted by Crippen LogP contribution is -2.21. The maximum Gasteiger partial charge on any atom is 0.200 e. The molecule has 0 unspecified atom stereocenters. The second-order valence-corrected chi connectivity index (χ2v) is 8.47. The third kappa shape index (κ3) is 4.31. The van der Waals surface area contributed by atoms with Crippen molar-refractivity contribution in [2.45, 2.75) is 6.54 Å². The van der Waals surface area contributed by atoms with Crippen LogP contribution in [0.1, 0.15) is 21.5 Å². The number of benzene rings is 3. The fourth-order valence-corrected chi connectivity index (χ4v) is 4.26. The zero-order valence-corrected chi connectivity index (χ0v) is 19.9. The number of ketones is 1. The van der Waals surface area contributed by atoms with Crippen LogP contribution in [0.25, 0.3) is 10.9 Å². The molecule has 0 bridgehead atoms. The van der Waals surface area contributed by atoms with Crippen LogP contribution >= 0.6 is 11.6 Å². The van der Waals surface area contributed by atoms with Crippen LogP contribution in [0.3, 0.4) is 0 Å². The van der Waals surface area contributed by atoms with E-state index in [0.29, 0.717) is 64.2 Å². The minimum atomic E-state index is -0.419. The van der Waals surface area contributed by atoms with E-state index >= 15 is 0 Å². The highest BCUT2D eigenvalue weighted by atomic mass is 35.5. The standard InChI is InChI=1S/C27H22ClNO6/c1-32-22-8-5-17(11-23(22)33-2)26(30)20-15-29(14-16-3-6-18(28)7-4-16)21-13-25-24(34-9-10-35-25)12-19(21)27(20)31/h3-8,11-13,15H,9-10,14H2,1-2H3. The summed E-state index contributed by atoms with van der Waals surface area (Å²) in [5, 5.41) is 0.997. The summed E-state index contributed by atoms with van der Waals surface area (Å²) in [6.45, 7) is 1.23. The fourth-order valence-electron chi connectivity index (χ4n) is 4.14. The summed E-state index contributed by atoms with van der Waals surface area (Å²) >= 11 is 6.05. The fraction of sp³-hybridized carbons (Fsp3) is 0.185. The minimum Gasteiger partial charge on any atom is -0.493 e. The Hall–Kier alpha value is -3.97. The molecule has 2 heterocycles. The van der Waals surface area contributed by atoms with Gasteiger partial charge in [0.15, 0.2) is 28.8 Å². The zero-order chi connectivity index (χ0) is 24.5. The predicted molar refractivity (Wildman–Crippen MR) is 133 cm³/mol. The highest BCUT2D eigenvalue weighted by Gasteiger charge is 2.22. The summed E-state index contributed by atoms with van der Waals surface area (Å²) in [5.74, 6) is 1.52. The molecule has 0 saturated heterocycles. The summed E-state index contributed by atoms with van der Waals surface area (Å²) in [6.07, 6.45) is 1.59. The maximum absolute atomic E-state index is 13.6. The highest BCUT2D eigenvalue weighted by Crippen LogP contribution is 2.34. The number of ether oxygens (including phenoxy) is 4. The lowest BCUT2D eigenvalue weighted by molar-refractivity contribution is 0.103. The lowest BCUT2D eigenvalue weighted by Gasteiger charge is -2.21. The smallest absolute Gasteiger partial charge is 0.200 e. The van der Waals surface area contributed by atoms with Gasteiger partial charge in [-0.1, -0.05) is 23.7 Å². The van der Waals surface area contributed by atoms with Gasteiger partial charge in [-0.2, -0.15) is 0 Å². The van der Waals surface area contributed by atoms with Gasteiger partial charge in [0.05, 0.1) is 30.7 Å². The maximum atomic E-state index is 13.6. The van der Waals surface area contributed by atoms with Crippen LogP contribution in [-0.4, -0.2) is 37.8 Å². The minimum absolute atomic E-state index is 0.0374. The first-order valence-electron chi connectivity index (χ1n) is 11.0. The molecule has 7 nitrogen and oxygen atoms in total. The first-order chi connectivity index (χ1) is 17.0. The molecule has 0 N–H and O–H groups in total. The highest BCUT2D eigenvalue weighted by molar-refractivity contribution is 6.30. The van der Waals surface area contributed by atoms with Crippen LogP contribution in [0.5, 0.6) is 23.0 Å². The first-order valence-corrected chi connectivity index (χ1v) is 11.3. The van der Waals surface area contributed by atoms with Gasteiger partial charge >= 0.3 is 0 Å². The molecule has 8 heteroatoms. The van der Waals surface area contributed by atoms with Gasteiger partial charge in [-0.3, -0.25) is 9.59 Å². The van der Waals surface area contributed by atoms with Crippen molar-refractivity contribution in [3.63, 3.8) is 0 Å². The number of aromatic nitrogens is 1. The Morgan fingerprint density at radius 2 is 1.63 bits per heavy atom. The Bertz CT molecular complexity index is 1490. The second kappa shape index (κ2) is 9.35. The molecule has 0 spiro atoms. The van der Waals surface area contributed by atoms with Crippen LogP contribution < -0.4 is 24.4 Å². The average molecular weight is 492 g/mol. The van der Waals surface area contributed by atoms with E-state index in [4.69, 9.17) is 30.5 Å². The van der Waals surface area contributed by atoms with Gasteiger partial charge in [0.25, 0.3) is 0 Å². The molecular formula is C27H22ClNO6. The van der Waals surface area contributed by atoms with Crippen molar-refractivity contribution in [1.29, 1.82) is 0 Å². The third-order valence-electron chi connectivity index (χ3n) is 5.90. The van der Waals surface area contributed by atoms with E-state index in [1.54, 1.807) is 48.7 Å². The summed E-state index contributed by atoms with van der Waals surface area (Å²) in [4.78, 5) is 27.1. The molecule has 1 aliphatic rings. The van der Waals surface area contributed by atoms with E-state index < -0.39 is 5.78 Å². The van der Waals surface area contributed by atoms with Crippen LogP contribution in [-0.2, 0) is 6.54 Å². The SMILES string of the molecule is COc1ccc(C(=O)c2cn(Cc3ccc(Cl)cc3)c3cc4c(cc3c2=O)OCCO4)cc1OC. The molecule has 0 amide bonds. The van der Waals surface area contributed by atoms with E-state index in [0.717, 1.165) is 5.56 Å². The Balaban J connectivity index is 1.68. The van der Waals surface area contributed by atoms with Gasteiger partial charge in [-0.05, 0) is 42.0 Å². The topological polar surface area (TPSA) is 76.0 Å². The van der Waals surface area contributed by atoms with Gasteiger partial charge in [0, 0.05) is 29.4 Å². The molecule has 4 aromatic rings. The van der Waals surface area contributed by atoms with Gasteiger partial charge in [0.1, 0.15) is 13.2 Å². The van der Waals surface area contributed by atoms with Crippen molar-refractivity contribution in [1.82, 2.24) is 4.57 Å². The molecule has 3 aromatic carbocycles. The van der Waals surface area contributed by atoms with Gasteiger partial charge in [-0.25, -0.2) is 0 Å². The molecule has 1 aromatic heterocycles. The monoisotopic (exact) mass is 491 g/mol. The van der Waals surface area contributed by atoms with Crippen LogP contribution in [0, 0.1) is 0 Å². The van der Waals surface area contributed by atoms with E-state index in [9.17, 15) is 9.59 Å². The number of hydrogen-bond acceptors (Lipinski definition) is 6. The third-order valence-corrected chi connectivity index (χ3v) is 6.15. The summed E-state index contributed by atoms with van der Waals surface area (Å²) < 4.78 is 23.9. The van der Waals surface area contributed by atoms with Gasteiger partial charge in [0.2, 0.25) is 5.43 Å². The van der Waals surface area contributed by atoms with E-state index in [-0.39, 0.29) is 11.0 Å². The summed E-state index contributed by atoms with van der Waals surface area (Å²) in [5.41, 5.74) is 1.56. The number of carbonyl (C=O) groups excluding carboxylic acids is 1. The lowest BCUT2D eigenvalue weighted by atomic mass is 10.0. The Morgan fingerprint density at radius 3 is 2.31 bits per heavy atom. The molecular weight excluding hydrogens is 470 g/mol. The van der Waals surface area contributed by atoms with E-state index in [1.807, 2.05) is 16.7 Å². The number of methoxy groups -OCH3 is 2. The summed E-state index contributed by atoms with van der Waals surface area (Å²) in [7, 11) is 3.01. The molecule has 0 atom stereocenters. The second-order valence-electron chi connectivity index (χ2n) is 8.04. The number of pyridine rings is 1. The number of hydrogen-bond donors (Lipinski definition) is 0. The quantitative estimate of drug-likeness (QED) is 0.363. The molecule has 0 saturated carbocycles. The molecule has 178 valence electrons. The molecule has 0 fully saturated rings. The number of nitrogens with zero attached hydrogens (tertiary/aromatic N) is 1. The zero-order valence-electron chi connectivity index (χ0n) is 19.2. The Morgan fingerprint density at radius 1 is 0.943 bits per heavy atom. The van der Waals surface area contributed by atoms with Crippen LogP contribution in [0.4, 0.5) is 0 Å². The van der Waals surface area contributed by atoms with E-state index in [1.165, 1.54) is 14.2 Å². The van der Waals surface area contributed by atoms with Crippen molar-refractivity contribution >= 4 is 28.3 Å². The van der Waals surface area contributed by atoms with Gasteiger partial charge in [-0.15, -0.1) is 0 Å². The number of fused-ring (bicyclic) bond motifs is 2. The Kier molecular flexibility index (Phi) is 6.09. The molecule has 1 aliphatic heterocycles. The normalized spacial score (nSPS) is 12.4. The largest absolute Gasteiger partial charge is 0.493 e. The van der Waals surface area contributed by atoms with Crippen LogP contribution in [0.2, 0.25) is 5.02 Å². The van der Waals surface area contributed by atoms with Crippen molar-refractivity contribution < 1.29 is 23.7 Å². The predicted octanol–water partition coefficient (Wildman–Crippen LogP) is 4.72. The van der Waals surface area contributed by atoms with Gasteiger partial charge < -0.3 is 23.5 Å². The summed E-state index contributed by atoms with van der Waals surface area (Å²) in [6, 6.07) is 15.7. The van der Waals surface area contributed by atoms with Crippen molar-refractivity contribution in [2.75, 3.05) is 27.4 Å². The number of rotatable bonds is 6.